The topological polar surface area (TPSA) is 12.0 Å². The van der Waals surface area contributed by atoms with Crippen LogP contribution in [0.3, 0.4) is 0 Å². The number of thiophene rings is 1. The second-order valence-electron chi connectivity index (χ2n) is 4.41. The molecular weight excluding hydrogens is 372 g/mol. The molecule has 1 aromatic carbocycles. The van der Waals surface area contributed by atoms with Gasteiger partial charge in [-0.2, -0.15) is 0 Å². The summed E-state index contributed by atoms with van der Waals surface area (Å²) in [7, 11) is 0. The van der Waals surface area contributed by atoms with E-state index in [1.807, 2.05) is 6.07 Å². The number of benzene rings is 1. The van der Waals surface area contributed by atoms with Gasteiger partial charge in [0.05, 0.1) is 21.1 Å². The minimum Gasteiger partial charge on any atom is -0.376 e. The Bertz CT molecular complexity index is 621. The maximum Gasteiger partial charge on any atom is 0.125 e. The SMILES string of the molecule is Fc1cc(Cl)c(NC2CCc3sc(Cl)cc32)c(Br)c1. The highest BCUT2D eigenvalue weighted by molar-refractivity contribution is 9.10. The summed E-state index contributed by atoms with van der Waals surface area (Å²) in [4.78, 5) is 1.32. The minimum atomic E-state index is -0.354. The second kappa shape index (κ2) is 5.24. The zero-order valence-electron chi connectivity index (χ0n) is 9.64. The van der Waals surface area contributed by atoms with Gasteiger partial charge in [0.2, 0.25) is 0 Å². The van der Waals surface area contributed by atoms with E-state index in [4.69, 9.17) is 23.2 Å². The highest BCUT2D eigenvalue weighted by Gasteiger charge is 2.26. The number of fused-ring (bicyclic) bond motifs is 1. The monoisotopic (exact) mass is 379 g/mol. The molecule has 1 atom stereocenters. The van der Waals surface area contributed by atoms with Crippen LogP contribution in [0.1, 0.15) is 22.9 Å². The standard InChI is InChI=1S/C13H9BrCl2FNS/c14-8-3-6(17)4-9(15)13(8)18-10-1-2-11-7(10)5-12(16)19-11/h3-5,10,18H,1-2H2. The average Bonchev–Trinajstić information content (AvgIpc) is 2.83. The molecule has 1 nitrogen and oxygen atoms in total. The Morgan fingerprint density at radius 3 is 2.84 bits per heavy atom. The Morgan fingerprint density at radius 1 is 1.32 bits per heavy atom. The lowest BCUT2D eigenvalue weighted by Crippen LogP contribution is -2.07. The Hall–Kier alpha value is -0.290. The predicted octanol–water partition coefficient (Wildman–Crippen LogP) is 6.06. The highest BCUT2D eigenvalue weighted by atomic mass is 79.9. The maximum atomic E-state index is 13.2. The van der Waals surface area contributed by atoms with E-state index in [0.717, 1.165) is 22.9 Å². The van der Waals surface area contributed by atoms with Gasteiger partial charge in [-0.3, -0.25) is 0 Å². The first-order valence-corrected chi connectivity index (χ1v) is 8.10. The average molecular weight is 381 g/mol. The lowest BCUT2D eigenvalue weighted by atomic mass is 10.1. The van der Waals surface area contributed by atoms with Gasteiger partial charge in [-0.15, -0.1) is 11.3 Å². The van der Waals surface area contributed by atoms with Gasteiger partial charge in [-0.25, -0.2) is 4.39 Å². The molecule has 2 aromatic rings. The van der Waals surface area contributed by atoms with Crippen LogP contribution in [0.4, 0.5) is 10.1 Å². The van der Waals surface area contributed by atoms with E-state index in [1.54, 1.807) is 11.3 Å². The molecule has 0 bridgehead atoms. The summed E-state index contributed by atoms with van der Waals surface area (Å²) in [5.41, 5.74) is 1.95. The second-order valence-corrected chi connectivity index (χ2v) is 7.44. The molecule has 100 valence electrons. The van der Waals surface area contributed by atoms with Gasteiger partial charge in [-0.1, -0.05) is 23.2 Å². The third-order valence-electron chi connectivity index (χ3n) is 3.17. The first-order chi connectivity index (χ1) is 9.04. The summed E-state index contributed by atoms with van der Waals surface area (Å²) >= 11 is 17.1. The van der Waals surface area contributed by atoms with Gasteiger partial charge in [0.25, 0.3) is 0 Å². The normalized spacial score (nSPS) is 17.6. The molecule has 1 unspecified atom stereocenters. The fourth-order valence-electron chi connectivity index (χ4n) is 2.33. The number of hydrogen-bond acceptors (Lipinski definition) is 2. The third kappa shape index (κ3) is 2.64. The molecule has 3 rings (SSSR count). The molecule has 1 N–H and O–H groups in total. The van der Waals surface area contributed by atoms with Crippen molar-refractivity contribution < 1.29 is 4.39 Å². The summed E-state index contributed by atoms with van der Waals surface area (Å²) < 4.78 is 14.6. The van der Waals surface area contributed by atoms with E-state index in [2.05, 4.69) is 21.2 Å². The largest absolute Gasteiger partial charge is 0.376 e. The summed E-state index contributed by atoms with van der Waals surface area (Å²) in [6.07, 6.45) is 2.01. The molecule has 0 aliphatic heterocycles. The number of nitrogens with one attached hydrogen (secondary N) is 1. The van der Waals surface area contributed by atoms with Crippen molar-refractivity contribution in [2.45, 2.75) is 18.9 Å². The van der Waals surface area contributed by atoms with E-state index in [0.29, 0.717) is 9.50 Å². The zero-order valence-corrected chi connectivity index (χ0v) is 13.6. The summed E-state index contributed by atoms with van der Waals surface area (Å²) in [5.74, 6) is -0.354. The van der Waals surface area contributed by atoms with Crippen LogP contribution in [0.25, 0.3) is 0 Å². The number of halogens is 4. The van der Waals surface area contributed by atoms with Gasteiger partial charge in [0.15, 0.2) is 0 Å². The Balaban J connectivity index is 1.91. The van der Waals surface area contributed by atoms with Gasteiger partial charge < -0.3 is 5.32 Å². The van der Waals surface area contributed by atoms with E-state index in [1.165, 1.54) is 22.6 Å². The molecule has 0 radical (unpaired) electrons. The van der Waals surface area contributed by atoms with Crippen LogP contribution in [0, 0.1) is 5.82 Å². The lowest BCUT2D eigenvalue weighted by Gasteiger charge is -2.17. The maximum absolute atomic E-state index is 13.2. The molecule has 6 heteroatoms. The predicted molar refractivity (Wildman–Crippen MR) is 83.1 cm³/mol. The van der Waals surface area contributed by atoms with E-state index in [-0.39, 0.29) is 11.9 Å². The van der Waals surface area contributed by atoms with E-state index >= 15 is 0 Å². The molecule has 0 amide bonds. The minimum absolute atomic E-state index is 0.179. The smallest absolute Gasteiger partial charge is 0.125 e. The molecule has 1 aliphatic carbocycles. The van der Waals surface area contributed by atoms with E-state index in [9.17, 15) is 4.39 Å². The molecule has 0 fully saturated rings. The van der Waals surface area contributed by atoms with Crippen molar-refractivity contribution in [3.05, 3.63) is 48.3 Å². The Morgan fingerprint density at radius 2 is 2.11 bits per heavy atom. The van der Waals surface area contributed by atoms with Crippen molar-refractivity contribution in [1.29, 1.82) is 0 Å². The van der Waals surface area contributed by atoms with Crippen LogP contribution >= 0.6 is 50.5 Å². The number of aryl methyl sites for hydroxylation is 1. The summed E-state index contributed by atoms with van der Waals surface area (Å²) in [6, 6.07) is 4.89. The number of anilines is 1. The number of hydrogen-bond donors (Lipinski definition) is 1. The molecular formula is C13H9BrCl2FNS. The van der Waals surface area contributed by atoms with E-state index < -0.39 is 0 Å². The van der Waals surface area contributed by atoms with Crippen molar-refractivity contribution in [2.75, 3.05) is 5.32 Å². The van der Waals surface area contributed by atoms with Gasteiger partial charge >= 0.3 is 0 Å². The fourth-order valence-corrected chi connectivity index (χ4v) is 4.61. The Labute approximate surface area is 132 Å². The van der Waals surface area contributed by atoms with Gasteiger partial charge in [0, 0.05) is 9.35 Å². The zero-order chi connectivity index (χ0) is 13.6. The Kier molecular flexibility index (Phi) is 3.78. The molecule has 1 aliphatic rings. The molecule has 0 saturated carbocycles. The van der Waals surface area contributed by atoms with Crippen LogP contribution in [0.15, 0.2) is 22.7 Å². The summed E-state index contributed by atoms with van der Waals surface area (Å²) in [5, 5.41) is 3.75. The molecule has 0 spiro atoms. The molecule has 0 saturated heterocycles. The first kappa shape index (κ1) is 13.7. The summed E-state index contributed by atoms with van der Waals surface area (Å²) in [6.45, 7) is 0. The first-order valence-electron chi connectivity index (χ1n) is 5.74. The quantitative estimate of drug-likeness (QED) is 0.667. The van der Waals surface area contributed by atoms with Crippen LogP contribution < -0.4 is 5.32 Å². The van der Waals surface area contributed by atoms with Crippen LogP contribution in [0.5, 0.6) is 0 Å². The molecule has 1 aromatic heterocycles. The van der Waals surface area contributed by atoms with Crippen LogP contribution in [-0.4, -0.2) is 0 Å². The third-order valence-corrected chi connectivity index (χ3v) is 5.44. The highest BCUT2D eigenvalue weighted by Crippen LogP contribution is 2.43. The van der Waals surface area contributed by atoms with Gasteiger partial charge in [-0.05, 0) is 52.5 Å². The van der Waals surface area contributed by atoms with Crippen LogP contribution in [-0.2, 0) is 6.42 Å². The number of rotatable bonds is 2. The van der Waals surface area contributed by atoms with Crippen molar-refractivity contribution >= 4 is 56.2 Å². The molecule has 19 heavy (non-hydrogen) atoms. The van der Waals surface area contributed by atoms with Crippen molar-refractivity contribution in [3.63, 3.8) is 0 Å². The van der Waals surface area contributed by atoms with Gasteiger partial charge in [0.1, 0.15) is 5.82 Å². The lowest BCUT2D eigenvalue weighted by molar-refractivity contribution is 0.627. The van der Waals surface area contributed by atoms with Crippen molar-refractivity contribution in [2.24, 2.45) is 0 Å². The fraction of sp³-hybridized carbons (Fsp3) is 0.231. The van der Waals surface area contributed by atoms with Crippen LogP contribution in [0.2, 0.25) is 9.36 Å². The molecule has 1 heterocycles. The van der Waals surface area contributed by atoms with Crippen molar-refractivity contribution in [1.82, 2.24) is 0 Å². The van der Waals surface area contributed by atoms with Crippen molar-refractivity contribution in [3.8, 4) is 0 Å².